The molecule has 1 saturated heterocycles. The second kappa shape index (κ2) is 13.8. The maximum atomic E-state index is 13.2. The topological polar surface area (TPSA) is 164 Å². The Morgan fingerprint density at radius 3 is 2.44 bits per heavy atom. The first kappa shape index (κ1) is 29.8. The molecule has 3 rings (SSSR count). The van der Waals surface area contributed by atoms with Crippen molar-refractivity contribution in [2.45, 2.75) is 65.0 Å². The van der Waals surface area contributed by atoms with E-state index in [2.05, 4.69) is 20.8 Å². The van der Waals surface area contributed by atoms with E-state index >= 15 is 0 Å². The molecule has 0 saturated carbocycles. The average Bonchev–Trinajstić information content (AvgIpc) is 3.33. The molecule has 1 aromatic carbocycles. The third-order valence-corrected chi connectivity index (χ3v) is 6.58. The maximum absolute atomic E-state index is 13.2. The summed E-state index contributed by atoms with van der Waals surface area (Å²) in [6, 6.07) is 2.96. The van der Waals surface area contributed by atoms with Gasteiger partial charge in [-0.15, -0.1) is 0 Å². The van der Waals surface area contributed by atoms with Gasteiger partial charge in [0.05, 0.1) is 32.5 Å². The summed E-state index contributed by atoms with van der Waals surface area (Å²) >= 11 is 0. The molecule has 1 aliphatic rings. The summed E-state index contributed by atoms with van der Waals surface area (Å²) in [5, 5.41) is 18.4. The number of hydrogen-bond acceptors (Lipinski definition) is 9. The fourth-order valence-electron chi connectivity index (χ4n) is 4.53. The van der Waals surface area contributed by atoms with Crippen molar-refractivity contribution in [2.24, 2.45) is 5.92 Å². The number of nitrogens with one attached hydrogen (secondary N) is 2. The molecule has 2 amide bonds. The number of amides is 2. The van der Waals surface area contributed by atoms with Crippen LogP contribution < -0.4 is 15.4 Å². The highest BCUT2D eigenvalue weighted by Crippen LogP contribution is 2.26. The first-order chi connectivity index (χ1) is 18.6. The zero-order valence-electron chi connectivity index (χ0n) is 22.9. The molecule has 1 aromatic heterocycles. The average molecular weight is 544 g/mol. The number of rotatable bonds is 13. The second-order valence-electron chi connectivity index (χ2n) is 10.1. The summed E-state index contributed by atoms with van der Waals surface area (Å²) in [7, 11) is 1.49. The Morgan fingerprint density at radius 1 is 1.13 bits per heavy atom. The largest absolute Gasteiger partial charge is 0.496 e. The van der Waals surface area contributed by atoms with Crippen LogP contribution in [0, 0.1) is 12.8 Å². The molecule has 0 aliphatic carbocycles. The van der Waals surface area contributed by atoms with Gasteiger partial charge in [0.25, 0.3) is 5.89 Å². The molecule has 1 fully saturated rings. The third kappa shape index (κ3) is 8.60. The van der Waals surface area contributed by atoms with Gasteiger partial charge in [-0.1, -0.05) is 25.4 Å². The normalized spacial score (nSPS) is 15.4. The highest BCUT2D eigenvalue weighted by Gasteiger charge is 2.31. The van der Waals surface area contributed by atoms with Crippen LogP contribution in [0.2, 0.25) is 0 Å². The van der Waals surface area contributed by atoms with E-state index in [0.29, 0.717) is 28.6 Å². The lowest BCUT2D eigenvalue weighted by molar-refractivity contribution is -0.141. The van der Waals surface area contributed by atoms with Crippen LogP contribution in [0.3, 0.4) is 0 Å². The van der Waals surface area contributed by atoms with Crippen molar-refractivity contribution >= 4 is 23.6 Å². The Bertz CT molecular complexity index is 1170. The van der Waals surface area contributed by atoms with Crippen LogP contribution in [0.5, 0.6) is 5.75 Å². The molecule has 39 heavy (non-hydrogen) atoms. The first-order valence-electron chi connectivity index (χ1n) is 13.1. The van der Waals surface area contributed by atoms with E-state index in [-0.39, 0.29) is 24.7 Å². The van der Waals surface area contributed by atoms with Crippen LogP contribution in [0.4, 0.5) is 0 Å². The number of carboxylic acids is 1. The molecule has 0 spiro atoms. The summed E-state index contributed by atoms with van der Waals surface area (Å²) in [6.07, 6.45) is 2.42. The van der Waals surface area contributed by atoms with Gasteiger partial charge in [-0.3, -0.25) is 24.1 Å². The van der Waals surface area contributed by atoms with Gasteiger partial charge in [-0.2, -0.15) is 4.98 Å². The number of hydrogen-bond donors (Lipinski definition) is 3. The molecule has 1 aliphatic heterocycles. The number of benzene rings is 1. The molecule has 0 unspecified atom stereocenters. The molecular formula is C27H37N5O7. The van der Waals surface area contributed by atoms with Gasteiger partial charge in [0.2, 0.25) is 11.8 Å². The van der Waals surface area contributed by atoms with Crippen LogP contribution in [0.25, 0.3) is 11.5 Å². The minimum absolute atomic E-state index is 0.0760. The van der Waals surface area contributed by atoms with E-state index in [9.17, 15) is 24.3 Å². The van der Waals surface area contributed by atoms with Crippen LogP contribution in [-0.2, 0) is 25.6 Å². The zero-order valence-corrected chi connectivity index (χ0v) is 22.9. The monoisotopic (exact) mass is 543 g/mol. The Labute approximate surface area is 227 Å². The number of ether oxygens (including phenoxy) is 1. The standard InChI is InChI=1S/C27H37N5O7/c1-16(2)25(26(37)29-20(14-24(35)36)21(33)15-32-10-6-5-7-11-32)30-23(34)13-19-12-18(8-9-22(19)38-4)27-28-17(3)31-39-27/h8-9,12,16,20,25H,5-7,10-11,13-15H2,1-4H3,(H,29,37)(H,30,34)(H,35,36)/t20-,25-/m0/s1. The van der Waals surface area contributed by atoms with E-state index in [1.165, 1.54) is 7.11 Å². The number of aromatic nitrogens is 2. The van der Waals surface area contributed by atoms with Gasteiger partial charge in [0.1, 0.15) is 11.8 Å². The molecule has 212 valence electrons. The van der Waals surface area contributed by atoms with E-state index in [1.807, 2.05) is 4.90 Å². The lowest BCUT2D eigenvalue weighted by atomic mass is 10.00. The molecule has 2 aromatic rings. The number of piperidine rings is 1. The van der Waals surface area contributed by atoms with Gasteiger partial charge < -0.3 is 25.0 Å². The lowest BCUT2D eigenvalue weighted by Crippen LogP contribution is -2.55. The second-order valence-corrected chi connectivity index (χ2v) is 10.1. The molecular weight excluding hydrogens is 506 g/mol. The van der Waals surface area contributed by atoms with E-state index < -0.39 is 36.3 Å². The number of likely N-dealkylation sites (tertiary alicyclic amines) is 1. The minimum atomic E-state index is -1.19. The predicted molar refractivity (Wildman–Crippen MR) is 141 cm³/mol. The van der Waals surface area contributed by atoms with Gasteiger partial charge in [-0.05, 0) is 57.0 Å². The number of aliphatic carboxylic acids is 1. The molecule has 3 N–H and O–H groups in total. The first-order valence-corrected chi connectivity index (χ1v) is 13.1. The number of aryl methyl sites for hydroxylation is 1. The molecule has 2 heterocycles. The van der Waals surface area contributed by atoms with Crippen LogP contribution in [0.1, 0.15) is 50.9 Å². The van der Waals surface area contributed by atoms with Gasteiger partial charge in [0.15, 0.2) is 11.6 Å². The number of Topliss-reactive ketones (excluding diaryl/α,β-unsaturated/α-hetero) is 1. The lowest BCUT2D eigenvalue weighted by Gasteiger charge is -2.28. The molecule has 2 atom stereocenters. The summed E-state index contributed by atoms with van der Waals surface area (Å²) in [5.74, 6) is -1.70. The van der Waals surface area contributed by atoms with Gasteiger partial charge in [-0.25, -0.2) is 0 Å². The van der Waals surface area contributed by atoms with E-state index in [0.717, 1.165) is 32.4 Å². The third-order valence-electron chi connectivity index (χ3n) is 6.58. The van der Waals surface area contributed by atoms with Crippen LogP contribution in [0.15, 0.2) is 22.7 Å². The quantitative estimate of drug-likeness (QED) is 0.339. The van der Waals surface area contributed by atoms with Crippen LogP contribution in [-0.4, -0.2) is 82.5 Å². The highest BCUT2D eigenvalue weighted by atomic mass is 16.5. The minimum Gasteiger partial charge on any atom is -0.496 e. The number of carboxylic acid groups (broad SMARTS) is 1. The summed E-state index contributed by atoms with van der Waals surface area (Å²) in [5.41, 5.74) is 1.16. The van der Waals surface area contributed by atoms with E-state index in [4.69, 9.17) is 9.26 Å². The van der Waals surface area contributed by atoms with Crippen molar-refractivity contribution in [1.82, 2.24) is 25.7 Å². The fraction of sp³-hybridized carbons (Fsp3) is 0.556. The highest BCUT2D eigenvalue weighted by molar-refractivity contribution is 5.95. The summed E-state index contributed by atoms with van der Waals surface area (Å²) < 4.78 is 10.6. The fourth-order valence-corrected chi connectivity index (χ4v) is 4.53. The molecule has 0 radical (unpaired) electrons. The SMILES string of the molecule is COc1ccc(-c2nc(C)no2)cc1CC(=O)N[C@H](C(=O)N[C@@H](CC(=O)O)C(=O)CN1CCCCC1)C(C)C. The summed E-state index contributed by atoms with van der Waals surface area (Å²) in [4.78, 5) is 56.8. The molecule has 0 bridgehead atoms. The summed E-state index contributed by atoms with van der Waals surface area (Å²) in [6.45, 7) is 6.81. The Morgan fingerprint density at radius 2 is 1.85 bits per heavy atom. The van der Waals surface area contributed by atoms with Crippen LogP contribution >= 0.6 is 0 Å². The predicted octanol–water partition coefficient (Wildman–Crippen LogP) is 1.75. The van der Waals surface area contributed by atoms with Crippen molar-refractivity contribution in [1.29, 1.82) is 0 Å². The maximum Gasteiger partial charge on any atom is 0.305 e. The molecule has 12 nitrogen and oxygen atoms in total. The number of carbonyl (C=O) groups excluding carboxylic acids is 3. The Balaban J connectivity index is 1.69. The van der Waals surface area contributed by atoms with Crippen molar-refractivity contribution in [3.8, 4) is 17.2 Å². The van der Waals surface area contributed by atoms with Crippen molar-refractivity contribution in [3.63, 3.8) is 0 Å². The zero-order chi connectivity index (χ0) is 28.5. The number of methoxy groups -OCH3 is 1. The van der Waals surface area contributed by atoms with Crippen molar-refractivity contribution < 1.29 is 33.5 Å². The van der Waals surface area contributed by atoms with Crippen molar-refractivity contribution in [3.05, 3.63) is 29.6 Å². The molecule has 12 heteroatoms. The Hall–Kier alpha value is -3.80. The number of nitrogens with zero attached hydrogens (tertiary/aromatic N) is 3. The van der Waals surface area contributed by atoms with E-state index in [1.54, 1.807) is 39.0 Å². The number of carbonyl (C=O) groups is 4. The smallest absolute Gasteiger partial charge is 0.305 e. The number of ketones is 1. The van der Waals surface area contributed by atoms with Gasteiger partial charge in [0, 0.05) is 11.1 Å². The van der Waals surface area contributed by atoms with Crippen molar-refractivity contribution in [2.75, 3.05) is 26.7 Å². The van der Waals surface area contributed by atoms with Gasteiger partial charge >= 0.3 is 5.97 Å². The Kier molecular flexibility index (Phi) is 10.6.